The summed E-state index contributed by atoms with van der Waals surface area (Å²) in [6.45, 7) is 2.99. The van der Waals surface area contributed by atoms with E-state index < -0.39 is 0 Å². The van der Waals surface area contributed by atoms with Gasteiger partial charge in [-0.15, -0.1) is 0 Å². The highest BCUT2D eigenvalue weighted by Gasteiger charge is 2.20. The van der Waals surface area contributed by atoms with Crippen LogP contribution in [0.4, 0.5) is 0 Å². The van der Waals surface area contributed by atoms with E-state index in [1.807, 2.05) is 30.4 Å². The maximum Gasteiger partial charge on any atom is 0.334 e. The minimum Gasteiger partial charge on any atom is -0.498 e. The van der Waals surface area contributed by atoms with Gasteiger partial charge in [-0.25, -0.2) is 4.79 Å². The van der Waals surface area contributed by atoms with Crippen molar-refractivity contribution in [1.82, 2.24) is 0 Å². The van der Waals surface area contributed by atoms with Crippen molar-refractivity contribution in [3.63, 3.8) is 0 Å². The lowest BCUT2D eigenvalue weighted by molar-refractivity contribution is -0.142. The molecule has 5 heteroatoms. The summed E-state index contributed by atoms with van der Waals surface area (Å²) < 4.78 is 21.6. The maximum absolute atomic E-state index is 11.6. The number of benzene rings is 1. The van der Waals surface area contributed by atoms with Gasteiger partial charge in [-0.3, -0.25) is 0 Å². The fourth-order valence-electron chi connectivity index (χ4n) is 2.40. The van der Waals surface area contributed by atoms with Gasteiger partial charge in [-0.1, -0.05) is 25.5 Å². The lowest BCUT2D eigenvalue weighted by atomic mass is 10.1. The first kappa shape index (κ1) is 15.5. The number of fused-ring (bicyclic) bond motifs is 1. The average Bonchev–Trinajstić information content (AvgIpc) is 3.00. The molecule has 0 bridgehead atoms. The second-order valence-electron chi connectivity index (χ2n) is 5.46. The highest BCUT2D eigenvalue weighted by atomic mass is 16.7. The Morgan fingerprint density at radius 3 is 3.04 bits per heavy atom. The molecule has 3 rings (SSSR count). The SMILES string of the molecule is CCCCOC1=CC(=O)OC(C=Cc2ccc3c(c2)OCO3)C1. The van der Waals surface area contributed by atoms with Crippen LogP contribution in [0.15, 0.2) is 36.1 Å². The fourth-order valence-corrected chi connectivity index (χ4v) is 2.40. The summed E-state index contributed by atoms with van der Waals surface area (Å²) in [5, 5.41) is 0. The third-order valence-corrected chi connectivity index (χ3v) is 3.63. The van der Waals surface area contributed by atoms with E-state index in [2.05, 4.69) is 6.92 Å². The molecule has 5 nitrogen and oxygen atoms in total. The lowest BCUT2D eigenvalue weighted by Gasteiger charge is -2.20. The minimum atomic E-state index is -0.358. The number of carbonyl (C=O) groups is 1. The molecule has 122 valence electrons. The van der Waals surface area contributed by atoms with E-state index in [4.69, 9.17) is 18.9 Å². The molecule has 2 aliphatic heterocycles. The Morgan fingerprint density at radius 2 is 2.17 bits per heavy atom. The average molecular weight is 316 g/mol. The Kier molecular flexibility index (Phi) is 4.86. The van der Waals surface area contributed by atoms with Crippen LogP contribution >= 0.6 is 0 Å². The highest BCUT2D eigenvalue weighted by molar-refractivity contribution is 5.83. The smallest absolute Gasteiger partial charge is 0.334 e. The summed E-state index contributed by atoms with van der Waals surface area (Å²) in [6.07, 6.45) is 7.50. The normalized spacial score (nSPS) is 19.6. The molecule has 0 saturated heterocycles. The number of esters is 1. The molecule has 1 unspecified atom stereocenters. The van der Waals surface area contributed by atoms with E-state index in [9.17, 15) is 4.79 Å². The van der Waals surface area contributed by atoms with Gasteiger partial charge >= 0.3 is 5.97 Å². The number of rotatable bonds is 6. The molecule has 23 heavy (non-hydrogen) atoms. The van der Waals surface area contributed by atoms with E-state index in [-0.39, 0.29) is 18.9 Å². The number of hydrogen-bond acceptors (Lipinski definition) is 5. The van der Waals surface area contributed by atoms with Gasteiger partial charge in [0, 0.05) is 6.42 Å². The van der Waals surface area contributed by atoms with E-state index >= 15 is 0 Å². The van der Waals surface area contributed by atoms with Crippen molar-refractivity contribution < 1.29 is 23.7 Å². The first-order valence-electron chi connectivity index (χ1n) is 7.86. The van der Waals surface area contributed by atoms with Crippen molar-refractivity contribution in [3.8, 4) is 11.5 Å². The second-order valence-corrected chi connectivity index (χ2v) is 5.46. The summed E-state index contributed by atoms with van der Waals surface area (Å²) in [5.74, 6) is 1.81. The Labute approximate surface area is 135 Å². The summed E-state index contributed by atoms with van der Waals surface area (Å²) in [4.78, 5) is 11.6. The van der Waals surface area contributed by atoms with Crippen LogP contribution in [-0.4, -0.2) is 25.5 Å². The Bertz CT molecular complexity index is 632. The summed E-state index contributed by atoms with van der Waals surface area (Å²) in [5.41, 5.74) is 0.966. The predicted octanol–water partition coefficient (Wildman–Crippen LogP) is 3.44. The zero-order valence-corrected chi connectivity index (χ0v) is 13.1. The number of hydrogen-bond donors (Lipinski definition) is 0. The molecule has 0 amide bonds. The summed E-state index contributed by atoms with van der Waals surface area (Å²) >= 11 is 0. The van der Waals surface area contributed by atoms with Crippen molar-refractivity contribution in [2.45, 2.75) is 32.3 Å². The number of cyclic esters (lactones) is 1. The second kappa shape index (κ2) is 7.22. The zero-order valence-electron chi connectivity index (χ0n) is 13.1. The Morgan fingerprint density at radius 1 is 1.30 bits per heavy atom. The van der Waals surface area contributed by atoms with Gasteiger partial charge in [0.15, 0.2) is 11.5 Å². The fraction of sp³-hybridized carbons (Fsp3) is 0.389. The van der Waals surface area contributed by atoms with Gasteiger partial charge in [0.2, 0.25) is 6.79 Å². The first-order valence-corrected chi connectivity index (χ1v) is 7.86. The lowest BCUT2D eigenvalue weighted by Crippen LogP contribution is -2.21. The summed E-state index contributed by atoms with van der Waals surface area (Å²) in [6, 6.07) is 5.70. The van der Waals surface area contributed by atoms with Crippen LogP contribution in [0.5, 0.6) is 11.5 Å². The van der Waals surface area contributed by atoms with Gasteiger partial charge in [-0.2, -0.15) is 0 Å². The predicted molar refractivity (Wildman–Crippen MR) is 85.0 cm³/mol. The van der Waals surface area contributed by atoms with Crippen molar-refractivity contribution in [2.24, 2.45) is 0 Å². The van der Waals surface area contributed by atoms with Gasteiger partial charge in [-0.05, 0) is 30.2 Å². The topological polar surface area (TPSA) is 54.0 Å². The number of ether oxygens (including phenoxy) is 4. The number of unbranched alkanes of at least 4 members (excludes halogenated alkanes) is 1. The third-order valence-electron chi connectivity index (χ3n) is 3.63. The molecule has 0 spiro atoms. The molecular formula is C18H20O5. The van der Waals surface area contributed by atoms with Crippen molar-refractivity contribution in [1.29, 1.82) is 0 Å². The van der Waals surface area contributed by atoms with Crippen LogP contribution in [0, 0.1) is 0 Å². The van der Waals surface area contributed by atoms with Gasteiger partial charge < -0.3 is 18.9 Å². The summed E-state index contributed by atoms with van der Waals surface area (Å²) in [7, 11) is 0. The number of carbonyl (C=O) groups excluding carboxylic acids is 1. The molecule has 1 aromatic carbocycles. The molecule has 0 aromatic heterocycles. The Balaban J connectivity index is 1.61. The molecule has 0 aliphatic carbocycles. The maximum atomic E-state index is 11.6. The van der Waals surface area contributed by atoms with Crippen molar-refractivity contribution in [3.05, 3.63) is 41.7 Å². The van der Waals surface area contributed by atoms with Crippen LogP contribution in [0.25, 0.3) is 6.08 Å². The van der Waals surface area contributed by atoms with Crippen LogP contribution < -0.4 is 9.47 Å². The largest absolute Gasteiger partial charge is 0.498 e. The molecule has 0 saturated carbocycles. The van der Waals surface area contributed by atoms with Gasteiger partial charge in [0.25, 0.3) is 0 Å². The van der Waals surface area contributed by atoms with E-state index in [1.165, 1.54) is 6.08 Å². The quantitative estimate of drug-likeness (QED) is 0.594. The third kappa shape index (κ3) is 4.06. The van der Waals surface area contributed by atoms with Crippen LogP contribution in [0.2, 0.25) is 0 Å². The minimum absolute atomic E-state index is 0.256. The molecule has 0 fully saturated rings. The van der Waals surface area contributed by atoms with Gasteiger partial charge in [0.05, 0.1) is 12.7 Å². The van der Waals surface area contributed by atoms with E-state index in [0.29, 0.717) is 18.8 Å². The van der Waals surface area contributed by atoms with Crippen LogP contribution in [0.1, 0.15) is 31.7 Å². The standard InChI is InChI=1S/C18H20O5/c1-2-3-8-20-15-10-14(23-18(19)11-15)6-4-13-5-7-16-17(9-13)22-12-21-16/h4-7,9,11,14H,2-3,8,10,12H2,1H3. The molecule has 0 radical (unpaired) electrons. The molecule has 2 heterocycles. The van der Waals surface area contributed by atoms with Gasteiger partial charge in [0.1, 0.15) is 11.9 Å². The van der Waals surface area contributed by atoms with E-state index in [1.54, 1.807) is 0 Å². The van der Waals surface area contributed by atoms with Crippen molar-refractivity contribution >= 4 is 12.0 Å². The Hall–Kier alpha value is -2.43. The monoisotopic (exact) mass is 316 g/mol. The first-order chi connectivity index (χ1) is 11.2. The highest BCUT2D eigenvalue weighted by Crippen LogP contribution is 2.33. The van der Waals surface area contributed by atoms with Crippen LogP contribution in [0.3, 0.4) is 0 Å². The molecule has 1 atom stereocenters. The zero-order chi connectivity index (χ0) is 16.1. The molecular weight excluding hydrogens is 296 g/mol. The van der Waals surface area contributed by atoms with E-state index in [0.717, 1.165) is 29.9 Å². The molecule has 1 aromatic rings. The van der Waals surface area contributed by atoms with Crippen LogP contribution in [-0.2, 0) is 14.3 Å². The molecule has 0 N–H and O–H groups in total. The van der Waals surface area contributed by atoms with Crippen molar-refractivity contribution in [2.75, 3.05) is 13.4 Å². The molecule has 2 aliphatic rings.